The van der Waals surface area contributed by atoms with Gasteiger partial charge >= 0.3 is 10.4 Å². The third-order valence-electron chi connectivity index (χ3n) is 3.60. The van der Waals surface area contributed by atoms with Crippen LogP contribution in [0.2, 0.25) is 0 Å². The Kier molecular flexibility index (Phi) is 4.26. The van der Waals surface area contributed by atoms with Crippen molar-refractivity contribution in [3.05, 3.63) is 65.4 Å². The zero-order valence-electron chi connectivity index (χ0n) is 13.7. The van der Waals surface area contributed by atoms with E-state index in [9.17, 15) is 8.76 Å². The molecule has 124 valence electrons. The molecule has 1 atom stereocenters. The van der Waals surface area contributed by atoms with Gasteiger partial charge in [-0.25, -0.2) is 0 Å². The first kappa shape index (κ1) is 16.4. The Morgan fingerprint density at radius 3 is 2.12 bits per heavy atom. The van der Waals surface area contributed by atoms with Crippen molar-refractivity contribution < 1.29 is 13.3 Å². The number of rotatable bonds is 4. The van der Waals surface area contributed by atoms with Crippen molar-refractivity contribution >= 4 is 16.2 Å². The first-order valence-corrected chi connectivity index (χ1v) is 9.01. The van der Waals surface area contributed by atoms with Gasteiger partial charge in [-0.15, -0.1) is 0 Å². The molecule has 0 saturated heterocycles. The fourth-order valence-corrected chi connectivity index (χ4v) is 3.59. The fourth-order valence-electron chi connectivity index (χ4n) is 2.59. The monoisotopic (exact) mass is 343 g/mol. The summed E-state index contributed by atoms with van der Waals surface area (Å²) in [6.07, 6.45) is 0. The molecule has 0 aliphatic carbocycles. The van der Waals surface area contributed by atoms with Crippen LogP contribution in [-0.4, -0.2) is 9.71 Å². The van der Waals surface area contributed by atoms with E-state index in [1.807, 2.05) is 12.1 Å². The lowest BCUT2D eigenvalue weighted by Crippen LogP contribution is -2.20. The van der Waals surface area contributed by atoms with Gasteiger partial charge in [0, 0.05) is 6.07 Å². The van der Waals surface area contributed by atoms with Crippen molar-refractivity contribution in [3.8, 4) is 11.1 Å². The van der Waals surface area contributed by atoms with Crippen molar-refractivity contribution in [1.29, 1.82) is 0 Å². The van der Waals surface area contributed by atoms with Gasteiger partial charge in [-0.1, -0.05) is 34.5 Å². The predicted molar refractivity (Wildman–Crippen MR) is 95.2 cm³/mol. The molecule has 1 aromatic heterocycles. The Balaban J connectivity index is 1.86. The minimum absolute atomic E-state index is 0.235. The average Bonchev–Trinajstić information content (AvgIpc) is 2.91. The highest BCUT2D eigenvalue weighted by Gasteiger charge is 2.30. The van der Waals surface area contributed by atoms with Gasteiger partial charge in [-0.2, -0.15) is 9.27 Å². The molecule has 0 spiro atoms. The second-order valence-corrected chi connectivity index (χ2v) is 7.58. The SMILES string of the molecule is Cc1cc(C)cc(-c2ccc([S+](=O)(O)Nc3cc(C)on3)cc2)c1. The minimum Gasteiger partial charge on any atom is -0.359 e. The Bertz CT molecular complexity index is 896. The largest absolute Gasteiger partial charge is 0.359 e. The summed E-state index contributed by atoms with van der Waals surface area (Å²) < 4.78 is 30.1. The number of hydrogen-bond acceptors (Lipinski definition) is 3. The number of benzene rings is 2. The summed E-state index contributed by atoms with van der Waals surface area (Å²) in [4.78, 5) is 0.288. The van der Waals surface area contributed by atoms with Crippen molar-refractivity contribution in [2.24, 2.45) is 0 Å². The van der Waals surface area contributed by atoms with E-state index in [1.54, 1.807) is 25.1 Å². The van der Waals surface area contributed by atoms with Crippen LogP contribution in [0.15, 0.2) is 57.9 Å². The van der Waals surface area contributed by atoms with Gasteiger partial charge in [0.2, 0.25) is 10.7 Å². The van der Waals surface area contributed by atoms with Gasteiger partial charge in [-0.3, -0.25) is 0 Å². The van der Waals surface area contributed by atoms with Gasteiger partial charge in [0.25, 0.3) is 0 Å². The van der Waals surface area contributed by atoms with E-state index in [0.29, 0.717) is 5.76 Å². The molecule has 2 N–H and O–H groups in total. The highest BCUT2D eigenvalue weighted by Crippen LogP contribution is 2.26. The molecule has 2 aromatic carbocycles. The molecule has 0 bridgehead atoms. The minimum atomic E-state index is -3.44. The highest BCUT2D eigenvalue weighted by molar-refractivity contribution is 7.99. The smallest absolute Gasteiger partial charge is 0.347 e. The first-order valence-electron chi connectivity index (χ1n) is 7.50. The molecule has 3 rings (SSSR count). The molecular weight excluding hydrogens is 324 g/mol. The van der Waals surface area contributed by atoms with Crippen LogP contribution in [0.1, 0.15) is 16.9 Å². The predicted octanol–water partition coefficient (Wildman–Crippen LogP) is 4.63. The molecule has 0 fully saturated rings. The van der Waals surface area contributed by atoms with E-state index in [4.69, 9.17) is 4.52 Å². The Hall–Kier alpha value is -2.44. The maximum Gasteiger partial charge on any atom is 0.347 e. The number of hydrogen-bond donors (Lipinski definition) is 2. The lowest BCUT2D eigenvalue weighted by molar-refractivity contribution is 0.400. The Labute approximate surface area is 142 Å². The van der Waals surface area contributed by atoms with Gasteiger partial charge < -0.3 is 4.52 Å². The second kappa shape index (κ2) is 6.22. The molecule has 0 aliphatic rings. The molecule has 0 radical (unpaired) electrons. The molecule has 24 heavy (non-hydrogen) atoms. The van der Waals surface area contributed by atoms with Crippen molar-refractivity contribution in [1.82, 2.24) is 5.16 Å². The number of nitrogens with one attached hydrogen (secondary N) is 1. The van der Waals surface area contributed by atoms with Crippen LogP contribution in [0.5, 0.6) is 0 Å². The summed E-state index contributed by atoms with van der Waals surface area (Å²) in [6, 6.07) is 14.8. The van der Waals surface area contributed by atoms with E-state index < -0.39 is 10.4 Å². The lowest BCUT2D eigenvalue weighted by atomic mass is 10.0. The van der Waals surface area contributed by atoms with Crippen LogP contribution in [0, 0.1) is 20.8 Å². The summed E-state index contributed by atoms with van der Waals surface area (Å²) in [7, 11) is -3.44. The molecular formula is C18H19N2O3S+. The van der Waals surface area contributed by atoms with Gasteiger partial charge in [0.15, 0.2) is 0 Å². The van der Waals surface area contributed by atoms with Crippen LogP contribution >= 0.6 is 0 Å². The van der Waals surface area contributed by atoms with Crippen LogP contribution in [0.25, 0.3) is 11.1 Å². The lowest BCUT2D eigenvalue weighted by Gasteiger charge is -2.07. The number of aryl methyl sites for hydroxylation is 3. The first-order chi connectivity index (χ1) is 11.3. The summed E-state index contributed by atoms with van der Waals surface area (Å²) in [5.74, 6) is 0.802. The Morgan fingerprint density at radius 1 is 0.958 bits per heavy atom. The molecule has 0 saturated carbocycles. The van der Waals surface area contributed by atoms with E-state index in [-0.39, 0.29) is 10.7 Å². The maximum absolute atomic E-state index is 12.5. The van der Waals surface area contributed by atoms with Crippen LogP contribution < -0.4 is 4.72 Å². The van der Waals surface area contributed by atoms with Crippen LogP contribution in [0.4, 0.5) is 5.82 Å². The van der Waals surface area contributed by atoms with E-state index in [0.717, 1.165) is 11.1 Å². The van der Waals surface area contributed by atoms with Gasteiger partial charge in [0.1, 0.15) is 5.76 Å². The topological polar surface area (TPSA) is 75.4 Å². The number of anilines is 1. The normalized spacial score (nSPS) is 13.5. The highest BCUT2D eigenvalue weighted by atomic mass is 32.3. The second-order valence-electron chi connectivity index (χ2n) is 5.85. The molecule has 6 heteroatoms. The number of nitrogens with zero attached hydrogens (tertiary/aromatic N) is 1. The third-order valence-corrected chi connectivity index (χ3v) is 5.00. The number of aromatic nitrogens is 1. The molecule has 0 amide bonds. The quantitative estimate of drug-likeness (QED) is 0.678. The fraction of sp³-hybridized carbons (Fsp3) is 0.167. The molecule has 0 aliphatic heterocycles. The summed E-state index contributed by atoms with van der Waals surface area (Å²) in [5.41, 5.74) is 4.45. The standard InChI is InChI=1S/C18H18N2O3S/c1-12-8-13(2)10-16(9-12)15-4-6-17(7-5-15)24(21,22)20-18-11-14(3)23-19-18/h4-11H,1-3H3,(H-,19,20,21,22)/p+1. The maximum atomic E-state index is 12.5. The van der Waals surface area contributed by atoms with Crippen molar-refractivity contribution in [2.75, 3.05) is 4.72 Å². The van der Waals surface area contributed by atoms with E-state index in [1.165, 1.54) is 11.1 Å². The summed E-state index contributed by atoms with van der Waals surface area (Å²) >= 11 is 0. The Morgan fingerprint density at radius 2 is 1.58 bits per heavy atom. The molecule has 5 nitrogen and oxygen atoms in total. The van der Waals surface area contributed by atoms with E-state index >= 15 is 0 Å². The van der Waals surface area contributed by atoms with Gasteiger partial charge in [0.05, 0.1) is 0 Å². The molecule has 1 unspecified atom stereocenters. The van der Waals surface area contributed by atoms with Crippen LogP contribution in [-0.2, 0) is 14.6 Å². The molecule has 1 heterocycles. The summed E-state index contributed by atoms with van der Waals surface area (Å²) in [6.45, 7) is 5.82. The zero-order valence-corrected chi connectivity index (χ0v) is 14.6. The van der Waals surface area contributed by atoms with E-state index in [2.05, 4.69) is 41.9 Å². The average molecular weight is 343 g/mol. The summed E-state index contributed by atoms with van der Waals surface area (Å²) in [5, 5.41) is 3.69. The van der Waals surface area contributed by atoms with Crippen molar-refractivity contribution in [2.45, 2.75) is 25.7 Å². The van der Waals surface area contributed by atoms with Crippen molar-refractivity contribution in [3.63, 3.8) is 0 Å². The van der Waals surface area contributed by atoms with Gasteiger partial charge in [-0.05, 0) is 60.4 Å². The molecule has 3 aromatic rings. The van der Waals surface area contributed by atoms with Crippen LogP contribution in [0.3, 0.4) is 0 Å². The third kappa shape index (κ3) is 3.55. The zero-order chi connectivity index (χ0) is 17.3.